The van der Waals surface area contributed by atoms with Crippen LogP contribution in [0.15, 0.2) is 40.6 Å². The summed E-state index contributed by atoms with van der Waals surface area (Å²) in [5.74, 6) is -0.120. The van der Waals surface area contributed by atoms with E-state index in [0.717, 1.165) is 11.3 Å². The van der Waals surface area contributed by atoms with E-state index in [1.165, 1.54) is 11.3 Å². The summed E-state index contributed by atoms with van der Waals surface area (Å²) in [5, 5.41) is 0. The van der Waals surface area contributed by atoms with Crippen LogP contribution in [-0.2, 0) is 21.2 Å². The number of benzene rings is 1. The van der Waals surface area contributed by atoms with Gasteiger partial charge < -0.3 is 9.64 Å². The molecule has 6 nitrogen and oxygen atoms in total. The molecule has 1 aliphatic heterocycles. The minimum atomic E-state index is -3.66. The Hall–Kier alpha value is -1.90. The first-order chi connectivity index (χ1) is 12.4. The van der Waals surface area contributed by atoms with Crippen molar-refractivity contribution in [2.75, 3.05) is 24.4 Å². The lowest BCUT2D eigenvalue weighted by atomic mass is 10.1. The molecule has 0 spiro atoms. The molecule has 1 aliphatic rings. The maximum absolute atomic E-state index is 12.7. The quantitative estimate of drug-likeness (QED) is 0.846. The van der Waals surface area contributed by atoms with Crippen molar-refractivity contribution in [3.05, 3.63) is 46.8 Å². The molecule has 1 aromatic carbocycles. The van der Waals surface area contributed by atoms with Crippen LogP contribution in [0.4, 0.5) is 5.69 Å². The summed E-state index contributed by atoms with van der Waals surface area (Å²) in [7, 11) is -3.66. The highest BCUT2D eigenvalue weighted by Gasteiger charge is 2.23. The zero-order chi connectivity index (χ0) is 18.7. The Labute approximate surface area is 157 Å². The molecule has 0 saturated carbocycles. The Morgan fingerprint density at radius 1 is 1.35 bits per heavy atom. The maximum Gasteiger partial charge on any atom is 0.271 e. The molecule has 26 heavy (non-hydrogen) atoms. The van der Waals surface area contributed by atoms with Crippen LogP contribution in [0.5, 0.6) is 0 Å². The topological polar surface area (TPSA) is 75.7 Å². The summed E-state index contributed by atoms with van der Waals surface area (Å²) in [6.07, 6.45) is 0.795. The molecular formula is C18H22N2O4S2. The van der Waals surface area contributed by atoms with Crippen molar-refractivity contribution in [2.24, 2.45) is 0 Å². The predicted molar refractivity (Wildman–Crippen MR) is 102 cm³/mol. The fourth-order valence-electron chi connectivity index (χ4n) is 2.80. The molecule has 8 heteroatoms. The lowest BCUT2D eigenvalue weighted by molar-refractivity contribution is -0.0124. The van der Waals surface area contributed by atoms with E-state index >= 15 is 0 Å². The van der Waals surface area contributed by atoms with Crippen LogP contribution < -0.4 is 4.72 Å². The predicted octanol–water partition coefficient (Wildman–Crippen LogP) is 2.97. The zero-order valence-electron chi connectivity index (χ0n) is 14.8. The van der Waals surface area contributed by atoms with Crippen molar-refractivity contribution >= 4 is 33.0 Å². The summed E-state index contributed by atoms with van der Waals surface area (Å²) < 4.78 is 33.4. The van der Waals surface area contributed by atoms with Crippen molar-refractivity contribution in [1.82, 2.24) is 4.90 Å². The highest BCUT2D eigenvalue weighted by molar-refractivity contribution is 7.94. The number of hydrogen-bond donors (Lipinski definition) is 1. The summed E-state index contributed by atoms with van der Waals surface area (Å²) in [5.41, 5.74) is 0.836. The third-order valence-electron chi connectivity index (χ3n) is 4.14. The van der Waals surface area contributed by atoms with Gasteiger partial charge in [-0.1, -0.05) is 13.0 Å². The lowest BCUT2D eigenvalue weighted by Gasteiger charge is -2.31. The van der Waals surface area contributed by atoms with Gasteiger partial charge in [0.05, 0.1) is 12.7 Å². The lowest BCUT2D eigenvalue weighted by Crippen LogP contribution is -2.44. The molecule has 1 aromatic heterocycles. The number of aryl methyl sites for hydroxylation is 1. The number of thiophene rings is 1. The van der Waals surface area contributed by atoms with Crippen molar-refractivity contribution in [3.63, 3.8) is 0 Å². The first-order valence-electron chi connectivity index (χ1n) is 8.51. The molecule has 1 N–H and O–H groups in total. The van der Waals surface area contributed by atoms with Gasteiger partial charge in [-0.15, -0.1) is 11.3 Å². The molecule has 1 saturated heterocycles. The Balaban J connectivity index is 1.77. The highest BCUT2D eigenvalue weighted by atomic mass is 32.2. The molecule has 1 amide bonds. The molecule has 2 aromatic rings. The Bertz CT molecular complexity index is 892. The first kappa shape index (κ1) is 18.9. The zero-order valence-corrected chi connectivity index (χ0v) is 16.4. The third-order valence-corrected chi connectivity index (χ3v) is 7.24. The van der Waals surface area contributed by atoms with Gasteiger partial charge in [-0.2, -0.15) is 0 Å². The summed E-state index contributed by atoms with van der Waals surface area (Å²) in [4.78, 5) is 15.4. The van der Waals surface area contributed by atoms with Crippen LogP contribution in [0.3, 0.4) is 0 Å². The maximum atomic E-state index is 12.7. The van der Waals surface area contributed by atoms with Gasteiger partial charge >= 0.3 is 0 Å². The van der Waals surface area contributed by atoms with E-state index in [9.17, 15) is 13.2 Å². The highest BCUT2D eigenvalue weighted by Crippen LogP contribution is 2.25. The average Bonchev–Trinajstić information content (AvgIpc) is 3.11. The van der Waals surface area contributed by atoms with E-state index in [1.807, 2.05) is 19.9 Å². The van der Waals surface area contributed by atoms with Crippen molar-refractivity contribution < 1.29 is 17.9 Å². The SMILES string of the molecule is CCc1ccc(S(=O)(=O)Nc2cccc(C(=O)N3CCOC(C)C3)c2)s1. The van der Waals surface area contributed by atoms with Gasteiger partial charge in [-0.3, -0.25) is 9.52 Å². The number of morpholine rings is 1. The van der Waals surface area contributed by atoms with Gasteiger partial charge in [0, 0.05) is 29.2 Å². The second kappa shape index (κ2) is 7.77. The number of hydrogen-bond acceptors (Lipinski definition) is 5. The van der Waals surface area contributed by atoms with Gasteiger partial charge in [0.1, 0.15) is 4.21 Å². The normalized spacial score (nSPS) is 17.9. The number of carbonyl (C=O) groups is 1. The summed E-state index contributed by atoms with van der Waals surface area (Å²) in [6, 6.07) is 10.0. The molecule has 0 aliphatic carbocycles. The van der Waals surface area contributed by atoms with Crippen LogP contribution in [0.25, 0.3) is 0 Å². The molecule has 3 rings (SSSR count). The molecular weight excluding hydrogens is 372 g/mol. The van der Waals surface area contributed by atoms with Crippen molar-refractivity contribution in [2.45, 2.75) is 30.6 Å². The number of nitrogens with zero attached hydrogens (tertiary/aromatic N) is 1. The van der Waals surface area contributed by atoms with Crippen LogP contribution in [-0.4, -0.2) is 45.0 Å². The number of amides is 1. The van der Waals surface area contributed by atoms with E-state index in [-0.39, 0.29) is 16.2 Å². The second-order valence-electron chi connectivity index (χ2n) is 6.19. The standard InChI is InChI=1S/C18H22N2O4S2/c1-3-16-7-8-17(25-16)26(22,23)19-15-6-4-5-14(11-15)18(21)20-9-10-24-13(2)12-20/h4-8,11,13,19H,3,9-10,12H2,1-2H3. The fourth-order valence-corrected chi connectivity index (χ4v) is 5.14. The van der Waals surface area contributed by atoms with E-state index in [4.69, 9.17) is 4.74 Å². The van der Waals surface area contributed by atoms with Gasteiger partial charge in [-0.25, -0.2) is 8.42 Å². The fraction of sp³-hybridized carbons (Fsp3) is 0.389. The van der Waals surface area contributed by atoms with E-state index < -0.39 is 10.0 Å². The molecule has 140 valence electrons. The Morgan fingerprint density at radius 3 is 2.85 bits per heavy atom. The van der Waals surface area contributed by atoms with E-state index in [0.29, 0.717) is 30.9 Å². The van der Waals surface area contributed by atoms with E-state index in [2.05, 4.69) is 4.72 Å². The number of carbonyl (C=O) groups excluding carboxylic acids is 1. The molecule has 1 unspecified atom stereocenters. The second-order valence-corrected chi connectivity index (χ2v) is 9.27. The van der Waals surface area contributed by atoms with E-state index in [1.54, 1.807) is 35.2 Å². The van der Waals surface area contributed by atoms with Crippen LogP contribution in [0.1, 0.15) is 29.1 Å². The summed E-state index contributed by atoms with van der Waals surface area (Å²) >= 11 is 1.25. The number of anilines is 1. The van der Waals surface area contributed by atoms with Gasteiger partial charge in [0.15, 0.2) is 0 Å². The minimum Gasteiger partial charge on any atom is -0.375 e. The molecule has 1 fully saturated rings. The number of rotatable bonds is 5. The van der Waals surface area contributed by atoms with Crippen LogP contribution in [0.2, 0.25) is 0 Å². The Morgan fingerprint density at radius 2 is 2.15 bits per heavy atom. The molecule has 1 atom stereocenters. The van der Waals surface area contributed by atoms with Gasteiger partial charge in [0.25, 0.3) is 15.9 Å². The third kappa shape index (κ3) is 4.25. The average molecular weight is 395 g/mol. The largest absolute Gasteiger partial charge is 0.375 e. The van der Waals surface area contributed by atoms with Gasteiger partial charge in [0.2, 0.25) is 0 Å². The molecule has 0 bridgehead atoms. The number of sulfonamides is 1. The first-order valence-corrected chi connectivity index (χ1v) is 10.8. The van der Waals surface area contributed by atoms with Crippen molar-refractivity contribution in [3.8, 4) is 0 Å². The molecule has 2 heterocycles. The number of nitrogens with one attached hydrogen (secondary N) is 1. The van der Waals surface area contributed by atoms with Crippen molar-refractivity contribution in [1.29, 1.82) is 0 Å². The van der Waals surface area contributed by atoms with Crippen LogP contribution >= 0.6 is 11.3 Å². The van der Waals surface area contributed by atoms with Gasteiger partial charge in [-0.05, 0) is 43.7 Å². The molecule has 0 radical (unpaired) electrons. The van der Waals surface area contributed by atoms with Crippen LogP contribution in [0, 0.1) is 0 Å². The summed E-state index contributed by atoms with van der Waals surface area (Å²) in [6.45, 7) is 5.49. The smallest absolute Gasteiger partial charge is 0.271 e. The monoisotopic (exact) mass is 394 g/mol. The minimum absolute atomic E-state index is 0.000903. The number of ether oxygens (including phenoxy) is 1. The Kier molecular flexibility index (Phi) is 5.64.